The van der Waals surface area contributed by atoms with Crippen LogP contribution in [0.5, 0.6) is 0 Å². The van der Waals surface area contributed by atoms with Gasteiger partial charge in [0.2, 0.25) is 0 Å². The van der Waals surface area contributed by atoms with Crippen LogP contribution in [0.4, 0.5) is 4.39 Å². The Kier molecular flexibility index (Phi) is 3.76. The van der Waals surface area contributed by atoms with Crippen molar-refractivity contribution < 1.29 is 9.18 Å². The Morgan fingerprint density at radius 1 is 1.16 bits per heavy atom. The summed E-state index contributed by atoms with van der Waals surface area (Å²) in [6.07, 6.45) is 0.125. The molecule has 3 heteroatoms. The van der Waals surface area contributed by atoms with Crippen LogP contribution >= 0.6 is 0 Å². The molecule has 2 nitrogen and oxygen atoms in total. The van der Waals surface area contributed by atoms with Crippen molar-refractivity contribution >= 4 is 5.78 Å². The van der Waals surface area contributed by atoms with E-state index in [2.05, 4.69) is 0 Å². The average molecular weight is 257 g/mol. The molecule has 2 N–H and O–H groups in total. The van der Waals surface area contributed by atoms with E-state index in [1.807, 2.05) is 30.3 Å². The fourth-order valence-electron chi connectivity index (χ4n) is 1.96. The average Bonchev–Trinajstić information content (AvgIpc) is 2.39. The Morgan fingerprint density at radius 3 is 2.47 bits per heavy atom. The molecule has 0 saturated heterocycles. The summed E-state index contributed by atoms with van der Waals surface area (Å²) in [5, 5.41) is 0. The molecule has 0 heterocycles. The number of carbonyl (C=O) groups is 1. The molecule has 2 aromatic carbocycles. The van der Waals surface area contributed by atoms with Crippen LogP contribution in [0.3, 0.4) is 0 Å². The first kappa shape index (κ1) is 13.4. The molecule has 0 spiro atoms. The Morgan fingerprint density at radius 2 is 1.84 bits per heavy atom. The van der Waals surface area contributed by atoms with E-state index in [0.29, 0.717) is 5.56 Å². The number of carbonyl (C=O) groups excluding carboxylic acids is 1. The number of halogens is 1. The molecule has 0 aliphatic rings. The molecular formula is C16H16FNO. The molecule has 0 aliphatic heterocycles. The molecule has 0 amide bonds. The Hall–Kier alpha value is -2.00. The lowest BCUT2D eigenvalue weighted by Crippen LogP contribution is -2.42. The fourth-order valence-corrected chi connectivity index (χ4v) is 1.96. The first-order valence-corrected chi connectivity index (χ1v) is 6.12. The van der Waals surface area contributed by atoms with Gasteiger partial charge in [0.15, 0.2) is 5.78 Å². The zero-order valence-corrected chi connectivity index (χ0v) is 10.8. The minimum atomic E-state index is -1.06. The summed E-state index contributed by atoms with van der Waals surface area (Å²) in [4.78, 5) is 12.3. The van der Waals surface area contributed by atoms with Gasteiger partial charge in [0.1, 0.15) is 5.82 Å². The smallest absolute Gasteiger partial charge is 0.161 e. The Balaban J connectivity index is 2.20. The van der Waals surface area contributed by atoms with Crippen LogP contribution in [0, 0.1) is 5.82 Å². The van der Waals surface area contributed by atoms with Crippen LogP contribution in [0.1, 0.15) is 18.1 Å². The summed E-state index contributed by atoms with van der Waals surface area (Å²) in [6, 6.07) is 15.2. The second kappa shape index (κ2) is 5.33. The van der Waals surface area contributed by atoms with Gasteiger partial charge in [-0.2, -0.15) is 0 Å². The summed E-state index contributed by atoms with van der Waals surface area (Å²) in [5.74, 6) is -0.479. The van der Waals surface area contributed by atoms with Crippen LogP contribution < -0.4 is 5.73 Å². The highest BCUT2D eigenvalue weighted by Crippen LogP contribution is 2.20. The number of ketones is 1. The standard InChI is InChI=1S/C16H16FNO/c1-16(18,13-7-3-2-4-8-13)15(19)11-12-6-5-9-14(17)10-12/h2-10H,11,18H2,1H3. The molecule has 0 aromatic heterocycles. The predicted molar refractivity (Wildman–Crippen MR) is 73.1 cm³/mol. The van der Waals surface area contributed by atoms with E-state index in [9.17, 15) is 9.18 Å². The van der Waals surface area contributed by atoms with Gasteiger partial charge in [0.05, 0.1) is 5.54 Å². The van der Waals surface area contributed by atoms with E-state index in [4.69, 9.17) is 5.73 Å². The third-order valence-corrected chi connectivity index (χ3v) is 3.21. The van der Waals surface area contributed by atoms with Crippen molar-refractivity contribution in [2.75, 3.05) is 0 Å². The van der Waals surface area contributed by atoms with Gasteiger partial charge in [0.25, 0.3) is 0 Å². The molecule has 1 atom stereocenters. The highest BCUT2D eigenvalue weighted by molar-refractivity contribution is 5.90. The lowest BCUT2D eigenvalue weighted by molar-refractivity contribution is -0.123. The minimum Gasteiger partial charge on any atom is -0.315 e. The van der Waals surface area contributed by atoms with Crippen LogP contribution in [0.2, 0.25) is 0 Å². The lowest BCUT2D eigenvalue weighted by atomic mass is 9.86. The number of Topliss-reactive ketones (excluding diaryl/α,β-unsaturated/α-hetero) is 1. The summed E-state index contributed by atoms with van der Waals surface area (Å²) in [6.45, 7) is 1.68. The monoisotopic (exact) mass is 257 g/mol. The van der Waals surface area contributed by atoms with Crippen LogP contribution in [-0.4, -0.2) is 5.78 Å². The van der Waals surface area contributed by atoms with E-state index in [1.165, 1.54) is 12.1 Å². The SMILES string of the molecule is CC(N)(C(=O)Cc1cccc(F)c1)c1ccccc1. The van der Waals surface area contributed by atoms with Gasteiger partial charge in [-0.15, -0.1) is 0 Å². The molecule has 0 radical (unpaired) electrons. The van der Waals surface area contributed by atoms with Gasteiger partial charge in [-0.25, -0.2) is 4.39 Å². The highest BCUT2D eigenvalue weighted by Gasteiger charge is 2.29. The van der Waals surface area contributed by atoms with Gasteiger partial charge < -0.3 is 5.73 Å². The van der Waals surface area contributed by atoms with Gasteiger partial charge in [-0.05, 0) is 30.2 Å². The predicted octanol–water partition coefficient (Wildman–Crippen LogP) is 2.81. The number of hydrogen-bond donors (Lipinski definition) is 1. The third-order valence-electron chi connectivity index (χ3n) is 3.21. The van der Waals surface area contributed by atoms with Crippen LogP contribution in [-0.2, 0) is 16.8 Å². The summed E-state index contributed by atoms with van der Waals surface area (Å²) < 4.78 is 13.1. The van der Waals surface area contributed by atoms with E-state index in [0.717, 1.165) is 5.56 Å². The van der Waals surface area contributed by atoms with Gasteiger partial charge in [-0.1, -0.05) is 42.5 Å². The first-order valence-electron chi connectivity index (χ1n) is 6.12. The van der Waals surface area contributed by atoms with E-state index < -0.39 is 5.54 Å². The first-order chi connectivity index (χ1) is 9.00. The molecule has 2 rings (SSSR count). The zero-order chi connectivity index (χ0) is 13.9. The van der Waals surface area contributed by atoms with Gasteiger partial charge in [-0.3, -0.25) is 4.79 Å². The Labute approximate surface area is 112 Å². The van der Waals surface area contributed by atoms with Crippen molar-refractivity contribution in [1.82, 2.24) is 0 Å². The van der Waals surface area contributed by atoms with Gasteiger partial charge >= 0.3 is 0 Å². The van der Waals surface area contributed by atoms with Crippen LogP contribution in [0.25, 0.3) is 0 Å². The molecule has 0 aliphatic carbocycles. The third kappa shape index (κ3) is 3.06. The van der Waals surface area contributed by atoms with Crippen molar-refractivity contribution in [3.63, 3.8) is 0 Å². The molecule has 98 valence electrons. The number of hydrogen-bond acceptors (Lipinski definition) is 2. The highest BCUT2D eigenvalue weighted by atomic mass is 19.1. The maximum atomic E-state index is 13.1. The number of benzene rings is 2. The molecule has 0 saturated carbocycles. The van der Waals surface area contributed by atoms with Crippen LogP contribution in [0.15, 0.2) is 54.6 Å². The summed E-state index contributed by atoms with van der Waals surface area (Å²) >= 11 is 0. The normalized spacial score (nSPS) is 13.8. The second-order valence-electron chi connectivity index (χ2n) is 4.80. The maximum absolute atomic E-state index is 13.1. The maximum Gasteiger partial charge on any atom is 0.161 e. The molecule has 2 aromatic rings. The van der Waals surface area contributed by atoms with Crippen molar-refractivity contribution in [3.05, 3.63) is 71.5 Å². The topological polar surface area (TPSA) is 43.1 Å². The Bertz CT molecular complexity index is 578. The second-order valence-corrected chi connectivity index (χ2v) is 4.80. The van der Waals surface area contributed by atoms with Crippen molar-refractivity contribution in [1.29, 1.82) is 0 Å². The largest absolute Gasteiger partial charge is 0.315 e. The van der Waals surface area contributed by atoms with Gasteiger partial charge in [0, 0.05) is 6.42 Å². The zero-order valence-electron chi connectivity index (χ0n) is 10.8. The van der Waals surface area contributed by atoms with Crippen molar-refractivity contribution in [3.8, 4) is 0 Å². The fraction of sp³-hybridized carbons (Fsp3) is 0.188. The summed E-state index contributed by atoms with van der Waals surface area (Å²) in [7, 11) is 0. The molecule has 19 heavy (non-hydrogen) atoms. The number of rotatable bonds is 4. The molecule has 0 fully saturated rings. The quantitative estimate of drug-likeness (QED) is 0.915. The molecular weight excluding hydrogens is 241 g/mol. The molecule has 1 unspecified atom stereocenters. The lowest BCUT2D eigenvalue weighted by Gasteiger charge is -2.23. The summed E-state index contributed by atoms with van der Waals surface area (Å²) in [5.41, 5.74) is 6.46. The minimum absolute atomic E-state index is 0.125. The van der Waals surface area contributed by atoms with E-state index >= 15 is 0 Å². The van der Waals surface area contributed by atoms with E-state index in [1.54, 1.807) is 19.1 Å². The van der Waals surface area contributed by atoms with Crippen molar-refractivity contribution in [2.45, 2.75) is 18.9 Å². The molecule has 0 bridgehead atoms. The van der Waals surface area contributed by atoms with E-state index in [-0.39, 0.29) is 18.0 Å². The number of nitrogens with two attached hydrogens (primary N) is 1. The van der Waals surface area contributed by atoms with Crippen molar-refractivity contribution in [2.24, 2.45) is 5.73 Å².